The lowest BCUT2D eigenvalue weighted by Crippen LogP contribution is -2.46. The van der Waals surface area contributed by atoms with Crippen LogP contribution in [0, 0.1) is 5.92 Å². The van der Waals surface area contributed by atoms with E-state index in [-0.39, 0.29) is 11.8 Å². The number of carbonyl (C=O) groups is 2. The second-order valence-corrected chi connectivity index (χ2v) is 8.59. The number of nitrogens with zero attached hydrogens (tertiary/aromatic N) is 2. The highest BCUT2D eigenvalue weighted by Gasteiger charge is 2.42. The molecule has 0 bridgehead atoms. The average Bonchev–Trinajstić information content (AvgIpc) is 2.59. The second-order valence-electron chi connectivity index (χ2n) is 6.67. The third-order valence-corrected chi connectivity index (χ3v) is 5.85. The SMILES string of the molecule is CC1=C(C(=O)OCC(C)C)C(c2ccccc2Br)N2C(=O)CCSC2=N1. The minimum atomic E-state index is -0.530. The van der Waals surface area contributed by atoms with Crippen LogP contribution in [0.4, 0.5) is 0 Å². The summed E-state index contributed by atoms with van der Waals surface area (Å²) in [6, 6.07) is 7.12. The van der Waals surface area contributed by atoms with Crippen LogP contribution < -0.4 is 0 Å². The summed E-state index contributed by atoms with van der Waals surface area (Å²) in [5.74, 6) is 0.502. The number of ether oxygens (including phenoxy) is 1. The zero-order chi connectivity index (χ0) is 18.8. The van der Waals surface area contributed by atoms with Gasteiger partial charge in [0, 0.05) is 16.6 Å². The van der Waals surface area contributed by atoms with Gasteiger partial charge in [0.15, 0.2) is 5.17 Å². The van der Waals surface area contributed by atoms with Crippen LogP contribution in [0.15, 0.2) is 45.0 Å². The van der Waals surface area contributed by atoms with E-state index in [4.69, 9.17) is 4.74 Å². The summed E-state index contributed by atoms with van der Waals surface area (Å²) in [5, 5.41) is 0.653. The minimum Gasteiger partial charge on any atom is -0.462 e. The van der Waals surface area contributed by atoms with Crippen molar-refractivity contribution in [1.29, 1.82) is 0 Å². The zero-order valence-electron chi connectivity index (χ0n) is 15.0. The van der Waals surface area contributed by atoms with Gasteiger partial charge in [-0.2, -0.15) is 0 Å². The first-order valence-corrected chi connectivity index (χ1v) is 10.3. The Kier molecular flexibility index (Phi) is 5.87. The van der Waals surface area contributed by atoms with Gasteiger partial charge in [-0.15, -0.1) is 0 Å². The van der Waals surface area contributed by atoms with Gasteiger partial charge in [-0.1, -0.05) is 59.7 Å². The maximum atomic E-state index is 12.9. The predicted octanol–water partition coefficient (Wildman–Crippen LogP) is 4.30. The molecule has 26 heavy (non-hydrogen) atoms. The molecule has 3 rings (SSSR count). The average molecular weight is 437 g/mol. The smallest absolute Gasteiger partial charge is 0.338 e. The van der Waals surface area contributed by atoms with Gasteiger partial charge in [0.1, 0.15) is 0 Å². The van der Waals surface area contributed by atoms with Gasteiger partial charge in [-0.3, -0.25) is 9.69 Å². The van der Waals surface area contributed by atoms with Crippen molar-refractivity contribution in [3.05, 3.63) is 45.6 Å². The third-order valence-electron chi connectivity index (χ3n) is 4.17. The van der Waals surface area contributed by atoms with Crippen molar-refractivity contribution in [2.24, 2.45) is 10.9 Å². The first-order chi connectivity index (χ1) is 12.4. The lowest BCUT2D eigenvalue weighted by Gasteiger charge is -2.39. The number of aliphatic imine (C=N–C) groups is 1. The van der Waals surface area contributed by atoms with Crippen LogP contribution >= 0.6 is 27.7 Å². The van der Waals surface area contributed by atoms with E-state index in [1.54, 1.807) is 23.6 Å². The molecule has 7 heteroatoms. The first kappa shape index (κ1) is 19.2. The Morgan fingerprint density at radius 2 is 2.15 bits per heavy atom. The van der Waals surface area contributed by atoms with Gasteiger partial charge in [0.05, 0.1) is 23.9 Å². The molecular weight excluding hydrogens is 416 g/mol. The molecule has 2 aliphatic rings. The normalized spacial score (nSPS) is 20.2. The van der Waals surface area contributed by atoms with Crippen molar-refractivity contribution >= 4 is 44.7 Å². The molecule has 1 atom stereocenters. The predicted molar refractivity (Wildman–Crippen MR) is 107 cm³/mol. The monoisotopic (exact) mass is 436 g/mol. The summed E-state index contributed by atoms with van der Waals surface area (Å²) in [5.41, 5.74) is 1.89. The van der Waals surface area contributed by atoms with Gasteiger partial charge in [0.2, 0.25) is 5.91 Å². The van der Waals surface area contributed by atoms with E-state index >= 15 is 0 Å². The lowest BCUT2D eigenvalue weighted by molar-refractivity contribution is -0.141. The van der Waals surface area contributed by atoms with Gasteiger partial charge < -0.3 is 4.74 Å². The molecule has 1 unspecified atom stereocenters. The Hall–Kier alpha value is -1.60. The minimum absolute atomic E-state index is 0.0232. The summed E-state index contributed by atoms with van der Waals surface area (Å²) in [4.78, 5) is 31.8. The molecule has 1 saturated heterocycles. The van der Waals surface area contributed by atoms with Gasteiger partial charge in [-0.05, 0) is 24.5 Å². The number of esters is 1. The van der Waals surface area contributed by atoms with Crippen LogP contribution in [0.3, 0.4) is 0 Å². The highest BCUT2D eigenvalue weighted by atomic mass is 79.9. The maximum Gasteiger partial charge on any atom is 0.338 e. The van der Waals surface area contributed by atoms with Gasteiger partial charge >= 0.3 is 5.97 Å². The fraction of sp³-hybridized carbons (Fsp3) is 0.421. The van der Waals surface area contributed by atoms with E-state index in [1.165, 1.54) is 0 Å². The number of amidine groups is 1. The second kappa shape index (κ2) is 7.96. The number of rotatable bonds is 4. The molecule has 0 aliphatic carbocycles. The van der Waals surface area contributed by atoms with Crippen molar-refractivity contribution in [2.75, 3.05) is 12.4 Å². The Morgan fingerprint density at radius 3 is 2.85 bits per heavy atom. The summed E-state index contributed by atoms with van der Waals surface area (Å²) in [7, 11) is 0. The molecule has 2 aliphatic heterocycles. The van der Waals surface area contributed by atoms with Crippen molar-refractivity contribution in [2.45, 2.75) is 33.2 Å². The third kappa shape index (κ3) is 3.74. The van der Waals surface area contributed by atoms with Crippen LogP contribution in [-0.4, -0.2) is 34.3 Å². The number of thioether (sulfide) groups is 1. The number of amides is 1. The summed E-state index contributed by atoms with van der Waals surface area (Å²) < 4.78 is 6.34. The molecule has 138 valence electrons. The summed E-state index contributed by atoms with van der Waals surface area (Å²) >= 11 is 5.11. The topological polar surface area (TPSA) is 59.0 Å². The van der Waals surface area contributed by atoms with Gasteiger partial charge in [0.25, 0.3) is 0 Å². The van der Waals surface area contributed by atoms with Crippen molar-refractivity contribution in [3.63, 3.8) is 0 Å². The van der Waals surface area contributed by atoms with Crippen LogP contribution in [0.5, 0.6) is 0 Å². The molecule has 1 aromatic carbocycles. The molecule has 1 aromatic rings. The Balaban J connectivity index is 2.10. The molecule has 1 amide bonds. The highest BCUT2D eigenvalue weighted by molar-refractivity contribution is 9.10. The molecule has 0 radical (unpaired) electrons. The molecule has 0 aromatic heterocycles. The molecule has 0 N–H and O–H groups in total. The number of fused-ring (bicyclic) bond motifs is 1. The quantitative estimate of drug-likeness (QED) is 0.660. The highest BCUT2D eigenvalue weighted by Crippen LogP contribution is 2.42. The number of hydrogen-bond donors (Lipinski definition) is 0. The standard InChI is InChI=1S/C19H21BrN2O3S/c1-11(2)10-25-18(24)16-12(3)21-19-22(15(23)8-9-26-19)17(16)13-6-4-5-7-14(13)20/h4-7,11,17H,8-10H2,1-3H3. The molecule has 2 heterocycles. The summed E-state index contributed by atoms with van der Waals surface area (Å²) in [6.07, 6.45) is 0.429. The Morgan fingerprint density at radius 1 is 1.42 bits per heavy atom. The number of halogens is 1. The van der Waals surface area contributed by atoms with Crippen LogP contribution in [0.25, 0.3) is 0 Å². The molecule has 0 spiro atoms. The van der Waals surface area contributed by atoms with E-state index < -0.39 is 12.0 Å². The number of allylic oxidation sites excluding steroid dienone is 1. The molecule has 5 nitrogen and oxygen atoms in total. The first-order valence-electron chi connectivity index (χ1n) is 8.56. The Labute approximate surface area is 166 Å². The fourth-order valence-electron chi connectivity index (χ4n) is 2.97. The Bertz CT molecular complexity index is 804. The van der Waals surface area contributed by atoms with E-state index in [1.807, 2.05) is 38.1 Å². The maximum absolute atomic E-state index is 12.9. The van der Waals surface area contributed by atoms with Crippen LogP contribution in [-0.2, 0) is 14.3 Å². The largest absolute Gasteiger partial charge is 0.462 e. The number of carbonyl (C=O) groups excluding carboxylic acids is 2. The van der Waals surface area contributed by atoms with E-state index in [0.717, 1.165) is 10.0 Å². The number of hydrogen-bond acceptors (Lipinski definition) is 5. The van der Waals surface area contributed by atoms with Crippen LogP contribution in [0.2, 0.25) is 0 Å². The van der Waals surface area contributed by atoms with Crippen molar-refractivity contribution in [1.82, 2.24) is 4.90 Å². The zero-order valence-corrected chi connectivity index (χ0v) is 17.4. The van der Waals surface area contributed by atoms with E-state index in [2.05, 4.69) is 20.9 Å². The molecular formula is C19H21BrN2O3S. The van der Waals surface area contributed by atoms with Crippen molar-refractivity contribution in [3.8, 4) is 0 Å². The molecule has 1 fully saturated rings. The van der Waals surface area contributed by atoms with Gasteiger partial charge in [-0.25, -0.2) is 9.79 Å². The van der Waals surface area contributed by atoms with E-state index in [0.29, 0.717) is 35.2 Å². The lowest BCUT2D eigenvalue weighted by atomic mass is 9.94. The molecule has 0 saturated carbocycles. The number of benzene rings is 1. The van der Waals surface area contributed by atoms with Crippen LogP contribution in [0.1, 0.15) is 38.8 Å². The van der Waals surface area contributed by atoms with E-state index in [9.17, 15) is 9.59 Å². The van der Waals surface area contributed by atoms with Crippen molar-refractivity contribution < 1.29 is 14.3 Å². The summed E-state index contributed by atoms with van der Waals surface area (Å²) in [6.45, 7) is 6.11. The fourth-order valence-corrected chi connectivity index (χ4v) is 4.48.